The number of ether oxygens (including phenoxy) is 3. The minimum atomic E-state index is -0.845. The maximum absolute atomic E-state index is 13.2. The Labute approximate surface area is 250 Å². The topological polar surface area (TPSA) is 89.7 Å². The molecule has 0 fully saturated rings. The number of methoxy groups -OCH3 is 1. The first-order chi connectivity index (χ1) is 20.3. The second-order valence-corrected chi connectivity index (χ2v) is 11.8. The molecule has 1 aromatic heterocycles. The number of hydrogen-bond donors (Lipinski definition) is 2. The Bertz CT molecular complexity index is 1360. The Balaban J connectivity index is 1.34. The van der Waals surface area contributed by atoms with E-state index < -0.39 is 17.3 Å². The molecule has 2 heterocycles. The third-order valence-corrected chi connectivity index (χ3v) is 8.48. The van der Waals surface area contributed by atoms with Crippen LogP contribution in [0.5, 0.6) is 11.5 Å². The highest BCUT2D eigenvalue weighted by Crippen LogP contribution is 2.42. The van der Waals surface area contributed by atoms with Gasteiger partial charge in [-0.15, -0.1) is 0 Å². The first-order valence-electron chi connectivity index (χ1n) is 15.7. The van der Waals surface area contributed by atoms with E-state index in [0.717, 1.165) is 48.4 Å². The van der Waals surface area contributed by atoms with Crippen LogP contribution in [-0.2, 0) is 39.3 Å². The van der Waals surface area contributed by atoms with Gasteiger partial charge in [0.1, 0.15) is 5.60 Å². The average Bonchev–Trinajstić information content (AvgIpc) is 3.39. The van der Waals surface area contributed by atoms with E-state index in [0.29, 0.717) is 31.1 Å². The lowest BCUT2D eigenvalue weighted by atomic mass is 9.84. The van der Waals surface area contributed by atoms with Crippen molar-refractivity contribution in [1.82, 2.24) is 10.3 Å². The number of hydrogen-bond acceptors (Lipinski definition) is 5. The number of H-pyrrole nitrogens is 1. The fourth-order valence-electron chi connectivity index (χ4n) is 5.99. The summed E-state index contributed by atoms with van der Waals surface area (Å²) in [5.74, 6) is 0.963. The molecule has 42 heavy (non-hydrogen) atoms. The van der Waals surface area contributed by atoms with Gasteiger partial charge in [-0.1, -0.05) is 77.6 Å². The number of para-hydroxylation sites is 1. The summed E-state index contributed by atoms with van der Waals surface area (Å²) in [6.45, 7) is 10.0. The minimum Gasteiger partial charge on any atom is -0.493 e. The molecule has 4 rings (SSSR count). The van der Waals surface area contributed by atoms with Crippen LogP contribution in [-0.4, -0.2) is 37.0 Å². The zero-order chi connectivity index (χ0) is 30.1. The van der Waals surface area contributed by atoms with Crippen LogP contribution >= 0.6 is 0 Å². The molecule has 1 atom stereocenters. The van der Waals surface area contributed by atoms with E-state index in [4.69, 9.17) is 14.2 Å². The second kappa shape index (κ2) is 14.7. The molecule has 0 radical (unpaired) electrons. The van der Waals surface area contributed by atoms with Gasteiger partial charge in [-0.3, -0.25) is 9.59 Å². The molecule has 0 saturated heterocycles. The number of unbranched alkanes of at least 4 members (excludes halogenated alkanes) is 3. The zero-order valence-corrected chi connectivity index (χ0v) is 26.1. The van der Waals surface area contributed by atoms with E-state index in [1.165, 1.54) is 35.8 Å². The molecule has 1 unspecified atom stereocenters. The van der Waals surface area contributed by atoms with E-state index in [9.17, 15) is 9.59 Å². The highest BCUT2D eigenvalue weighted by Gasteiger charge is 2.42. The van der Waals surface area contributed by atoms with Crippen molar-refractivity contribution in [2.75, 3.05) is 20.3 Å². The molecule has 0 saturated carbocycles. The maximum atomic E-state index is 13.2. The lowest BCUT2D eigenvalue weighted by Gasteiger charge is -2.36. The summed E-state index contributed by atoms with van der Waals surface area (Å²) in [5.41, 5.74) is 4.46. The largest absolute Gasteiger partial charge is 0.493 e. The van der Waals surface area contributed by atoms with Crippen LogP contribution < -0.4 is 14.8 Å². The zero-order valence-electron chi connectivity index (χ0n) is 26.1. The van der Waals surface area contributed by atoms with Gasteiger partial charge in [-0.05, 0) is 60.4 Å². The summed E-state index contributed by atoms with van der Waals surface area (Å²) >= 11 is 0. The Morgan fingerprint density at radius 1 is 1.07 bits per heavy atom. The highest BCUT2D eigenvalue weighted by molar-refractivity contribution is 6.36. The van der Waals surface area contributed by atoms with E-state index in [2.05, 4.69) is 49.3 Å². The molecule has 7 nitrogen and oxygen atoms in total. The molecule has 0 bridgehead atoms. The maximum Gasteiger partial charge on any atom is 0.287 e. The number of nitrogens with one attached hydrogen (secondary N) is 2. The number of amides is 1. The Morgan fingerprint density at radius 2 is 1.88 bits per heavy atom. The average molecular weight is 577 g/mol. The highest BCUT2D eigenvalue weighted by atomic mass is 16.5. The summed E-state index contributed by atoms with van der Waals surface area (Å²) in [6.07, 6.45) is 8.19. The van der Waals surface area contributed by atoms with Crippen molar-refractivity contribution < 1.29 is 23.8 Å². The van der Waals surface area contributed by atoms with Crippen LogP contribution in [0.15, 0.2) is 36.4 Å². The molecule has 7 heteroatoms. The summed E-state index contributed by atoms with van der Waals surface area (Å²) < 4.78 is 17.8. The van der Waals surface area contributed by atoms with Crippen molar-refractivity contribution in [2.24, 2.45) is 5.92 Å². The molecule has 2 aromatic carbocycles. The fourth-order valence-corrected chi connectivity index (χ4v) is 5.99. The minimum absolute atomic E-state index is 0.00974. The number of Topliss-reactive ketones (excluding diaryl/α,β-unsaturated/α-hetero) is 1. The van der Waals surface area contributed by atoms with Crippen LogP contribution in [0.25, 0.3) is 10.9 Å². The van der Waals surface area contributed by atoms with Gasteiger partial charge in [-0.2, -0.15) is 0 Å². The van der Waals surface area contributed by atoms with Crippen molar-refractivity contribution in [3.05, 3.63) is 58.8 Å². The van der Waals surface area contributed by atoms with Gasteiger partial charge < -0.3 is 24.5 Å². The molecule has 0 spiro atoms. The smallest absolute Gasteiger partial charge is 0.287 e. The Morgan fingerprint density at radius 3 is 2.62 bits per heavy atom. The number of aryl methyl sites for hydroxylation is 1. The second-order valence-electron chi connectivity index (χ2n) is 11.8. The van der Waals surface area contributed by atoms with Gasteiger partial charge in [0.15, 0.2) is 11.5 Å². The molecule has 3 aromatic rings. The quantitative estimate of drug-likeness (QED) is 0.139. The molecule has 1 amide bonds. The monoisotopic (exact) mass is 576 g/mol. The van der Waals surface area contributed by atoms with Crippen molar-refractivity contribution in [3.63, 3.8) is 0 Å². The number of fused-ring (bicyclic) bond motifs is 3. The number of benzene rings is 2. The lowest BCUT2D eigenvalue weighted by Crippen LogP contribution is -2.41. The van der Waals surface area contributed by atoms with Crippen molar-refractivity contribution >= 4 is 22.6 Å². The number of ketones is 1. The first kappa shape index (κ1) is 31.6. The van der Waals surface area contributed by atoms with Crippen molar-refractivity contribution in [1.29, 1.82) is 0 Å². The lowest BCUT2D eigenvalue weighted by molar-refractivity contribution is -0.144. The summed E-state index contributed by atoms with van der Waals surface area (Å²) in [7, 11) is 1.61. The predicted molar refractivity (Wildman–Crippen MR) is 167 cm³/mol. The third kappa shape index (κ3) is 7.35. The normalized spacial score (nSPS) is 16.4. The molecule has 1 aliphatic heterocycles. The van der Waals surface area contributed by atoms with Crippen molar-refractivity contribution in [3.8, 4) is 11.5 Å². The van der Waals surface area contributed by atoms with Crippen LogP contribution in [0.2, 0.25) is 0 Å². The van der Waals surface area contributed by atoms with E-state index in [1.54, 1.807) is 7.11 Å². The molecule has 0 aliphatic carbocycles. The number of aromatic nitrogens is 1. The van der Waals surface area contributed by atoms with Gasteiger partial charge >= 0.3 is 0 Å². The van der Waals surface area contributed by atoms with Crippen molar-refractivity contribution in [2.45, 2.75) is 97.6 Å². The van der Waals surface area contributed by atoms with Gasteiger partial charge in [-0.25, -0.2) is 0 Å². The van der Waals surface area contributed by atoms with Gasteiger partial charge in [0.05, 0.1) is 32.4 Å². The molecule has 228 valence electrons. The molecule has 2 N–H and O–H groups in total. The third-order valence-electron chi connectivity index (χ3n) is 8.48. The summed E-state index contributed by atoms with van der Waals surface area (Å²) in [5, 5.41) is 3.98. The standard InChI is InChI=1S/C35H48N2O5/c1-6-26-14-12-15-27-28-18-20-42-35(7-2,33(28)37-32(26)27)22-29(38)34(39)36-23-25-16-17-30(31(21-25)40-5)41-19-11-9-8-10-13-24(3)4/h12,14-17,21,24,37H,6-11,13,18-20,22-23H2,1-5H3,(H,36,39). The van der Waals surface area contributed by atoms with Crippen LogP contribution in [0.1, 0.15) is 95.0 Å². The number of carbonyl (C=O) groups excluding carboxylic acids is 2. The van der Waals surface area contributed by atoms with Gasteiger partial charge in [0, 0.05) is 17.4 Å². The van der Waals surface area contributed by atoms with Crippen LogP contribution in [0.3, 0.4) is 0 Å². The Kier molecular flexibility index (Phi) is 11.1. The van der Waals surface area contributed by atoms with Gasteiger partial charge in [0.2, 0.25) is 5.78 Å². The van der Waals surface area contributed by atoms with Crippen LogP contribution in [0.4, 0.5) is 0 Å². The molecule has 1 aliphatic rings. The SMILES string of the molecule is CCc1cccc2c3c([nH]c12)C(CC)(CC(=O)C(=O)NCc1ccc(OCCCCCCC(C)C)c(OC)c1)OCC3. The number of carbonyl (C=O) groups is 2. The Hall–Kier alpha value is -3.32. The van der Waals surface area contributed by atoms with Gasteiger partial charge in [0.25, 0.3) is 5.91 Å². The molecular formula is C35H48N2O5. The van der Waals surface area contributed by atoms with E-state index in [-0.39, 0.29) is 13.0 Å². The molecular weight excluding hydrogens is 528 g/mol. The number of aromatic amines is 1. The van der Waals surface area contributed by atoms with E-state index >= 15 is 0 Å². The number of rotatable bonds is 16. The fraction of sp³-hybridized carbons (Fsp3) is 0.543. The predicted octanol–water partition coefficient (Wildman–Crippen LogP) is 7.18. The van der Waals surface area contributed by atoms with E-state index in [1.807, 2.05) is 25.1 Å². The van der Waals surface area contributed by atoms with Crippen LogP contribution in [0, 0.1) is 5.92 Å². The first-order valence-corrected chi connectivity index (χ1v) is 15.7. The summed E-state index contributed by atoms with van der Waals surface area (Å²) in [4.78, 5) is 29.8. The summed E-state index contributed by atoms with van der Waals surface area (Å²) in [6, 6.07) is 11.9.